The monoisotopic (exact) mass is 274 g/mol. The fraction of sp³-hybridized carbons (Fsp3) is 0.438. The number of hydrogen-bond acceptors (Lipinski definition) is 3. The second-order valence-corrected chi connectivity index (χ2v) is 5.39. The molecule has 4 heteroatoms. The van der Waals surface area contributed by atoms with E-state index in [2.05, 4.69) is 17.2 Å². The van der Waals surface area contributed by atoms with Gasteiger partial charge in [-0.3, -0.25) is 0 Å². The van der Waals surface area contributed by atoms with Crippen LogP contribution in [0.3, 0.4) is 0 Å². The first-order chi connectivity index (χ1) is 9.40. The maximum Gasteiger partial charge on any atom is 0.408 e. The van der Waals surface area contributed by atoms with Crippen molar-refractivity contribution in [2.45, 2.75) is 32.8 Å². The predicted molar refractivity (Wildman–Crippen MR) is 80.3 cm³/mol. The van der Waals surface area contributed by atoms with Gasteiger partial charge in [-0.05, 0) is 51.4 Å². The molecule has 0 aliphatic heterocycles. The third-order valence-electron chi connectivity index (χ3n) is 2.34. The molecule has 0 saturated heterocycles. The van der Waals surface area contributed by atoms with Gasteiger partial charge in [-0.25, -0.2) is 4.79 Å². The van der Waals surface area contributed by atoms with Gasteiger partial charge < -0.3 is 15.8 Å². The third-order valence-corrected chi connectivity index (χ3v) is 2.34. The molecular formula is C16H22N2O2. The van der Waals surface area contributed by atoms with Crippen molar-refractivity contribution in [2.24, 2.45) is 5.73 Å². The van der Waals surface area contributed by atoms with Crippen LogP contribution < -0.4 is 11.1 Å². The maximum absolute atomic E-state index is 11.4. The summed E-state index contributed by atoms with van der Waals surface area (Å²) in [6.45, 7) is 6.37. The highest BCUT2D eigenvalue weighted by Crippen LogP contribution is 2.06. The SMILES string of the molecule is CC(C)(C)OC(=O)NCC#Cc1ccc(CCN)cc1. The lowest BCUT2D eigenvalue weighted by atomic mass is 10.1. The van der Waals surface area contributed by atoms with E-state index in [9.17, 15) is 4.79 Å². The van der Waals surface area contributed by atoms with Crippen molar-refractivity contribution in [3.05, 3.63) is 35.4 Å². The van der Waals surface area contributed by atoms with E-state index in [0.29, 0.717) is 6.54 Å². The number of nitrogens with one attached hydrogen (secondary N) is 1. The summed E-state index contributed by atoms with van der Waals surface area (Å²) in [5.74, 6) is 5.86. The Bertz CT molecular complexity index is 490. The molecular weight excluding hydrogens is 252 g/mol. The lowest BCUT2D eigenvalue weighted by molar-refractivity contribution is 0.0535. The molecule has 20 heavy (non-hydrogen) atoms. The minimum Gasteiger partial charge on any atom is -0.444 e. The highest BCUT2D eigenvalue weighted by Gasteiger charge is 2.14. The molecule has 0 unspecified atom stereocenters. The Morgan fingerprint density at radius 1 is 1.30 bits per heavy atom. The van der Waals surface area contributed by atoms with Crippen LogP contribution in [0.2, 0.25) is 0 Å². The molecule has 0 spiro atoms. The van der Waals surface area contributed by atoms with Crippen molar-refractivity contribution in [3.8, 4) is 11.8 Å². The van der Waals surface area contributed by atoms with Gasteiger partial charge in [-0.2, -0.15) is 0 Å². The van der Waals surface area contributed by atoms with Gasteiger partial charge in [0.15, 0.2) is 0 Å². The van der Waals surface area contributed by atoms with Gasteiger partial charge in [0, 0.05) is 5.56 Å². The molecule has 0 heterocycles. The summed E-state index contributed by atoms with van der Waals surface area (Å²) in [5, 5.41) is 2.59. The Balaban J connectivity index is 2.41. The summed E-state index contributed by atoms with van der Waals surface area (Å²) >= 11 is 0. The molecule has 1 aromatic carbocycles. The van der Waals surface area contributed by atoms with Gasteiger partial charge in [0.05, 0.1) is 6.54 Å². The van der Waals surface area contributed by atoms with E-state index in [4.69, 9.17) is 10.5 Å². The van der Waals surface area contributed by atoms with E-state index in [1.54, 1.807) is 0 Å². The topological polar surface area (TPSA) is 64.3 Å². The minimum atomic E-state index is -0.490. The Kier molecular flexibility index (Phi) is 6.08. The molecule has 1 amide bonds. The van der Waals surface area contributed by atoms with Gasteiger partial charge in [-0.15, -0.1) is 0 Å². The van der Waals surface area contributed by atoms with Gasteiger partial charge in [0.25, 0.3) is 0 Å². The summed E-state index contributed by atoms with van der Waals surface area (Å²) in [5.41, 5.74) is 7.11. The standard InChI is InChI=1S/C16H22N2O2/c1-16(2,3)20-15(19)18-12-4-5-13-6-8-14(9-7-13)10-11-17/h6-9H,10-12,17H2,1-3H3,(H,18,19). The smallest absolute Gasteiger partial charge is 0.408 e. The number of rotatable bonds is 3. The molecule has 0 aliphatic rings. The fourth-order valence-corrected chi connectivity index (χ4v) is 1.50. The van der Waals surface area contributed by atoms with Crippen molar-refractivity contribution in [2.75, 3.05) is 13.1 Å². The molecule has 0 saturated carbocycles. The van der Waals surface area contributed by atoms with Crippen LogP contribution in [0.25, 0.3) is 0 Å². The largest absolute Gasteiger partial charge is 0.444 e. The van der Waals surface area contributed by atoms with E-state index >= 15 is 0 Å². The molecule has 0 fully saturated rings. The van der Waals surface area contributed by atoms with E-state index in [-0.39, 0.29) is 6.54 Å². The second-order valence-electron chi connectivity index (χ2n) is 5.39. The Morgan fingerprint density at radius 2 is 1.95 bits per heavy atom. The van der Waals surface area contributed by atoms with Crippen molar-refractivity contribution in [1.29, 1.82) is 0 Å². The first-order valence-corrected chi connectivity index (χ1v) is 6.65. The zero-order valence-corrected chi connectivity index (χ0v) is 12.3. The summed E-state index contributed by atoms with van der Waals surface area (Å²) in [6.07, 6.45) is 0.415. The third kappa shape index (κ3) is 6.81. The van der Waals surface area contributed by atoms with Crippen LogP contribution in [0.1, 0.15) is 31.9 Å². The number of carbonyl (C=O) groups excluding carboxylic acids is 1. The molecule has 1 aromatic rings. The molecule has 0 aliphatic carbocycles. The second kappa shape index (κ2) is 7.56. The van der Waals surface area contributed by atoms with Gasteiger partial charge in [-0.1, -0.05) is 24.0 Å². The molecule has 0 radical (unpaired) electrons. The van der Waals surface area contributed by atoms with Gasteiger partial charge in [0.2, 0.25) is 0 Å². The predicted octanol–water partition coefficient (Wildman–Crippen LogP) is 2.06. The van der Waals surface area contributed by atoms with Crippen LogP contribution >= 0.6 is 0 Å². The summed E-state index contributed by atoms with van der Waals surface area (Å²) in [7, 11) is 0. The van der Waals surface area contributed by atoms with Crippen LogP contribution in [0.5, 0.6) is 0 Å². The fourth-order valence-electron chi connectivity index (χ4n) is 1.50. The summed E-state index contributed by atoms with van der Waals surface area (Å²) < 4.78 is 5.10. The van der Waals surface area contributed by atoms with E-state index in [1.807, 2.05) is 45.0 Å². The normalized spacial score (nSPS) is 10.4. The van der Waals surface area contributed by atoms with Crippen LogP contribution in [0.15, 0.2) is 24.3 Å². The Labute approximate surface area is 120 Å². The van der Waals surface area contributed by atoms with Crippen LogP contribution in [0.4, 0.5) is 4.79 Å². The lowest BCUT2D eigenvalue weighted by Gasteiger charge is -2.18. The minimum absolute atomic E-state index is 0.263. The van der Waals surface area contributed by atoms with Crippen LogP contribution in [0, 0.1) is 11.8 Å². The van der Waals surface area contributed by atoms with Crippen molar-refractivity contribution in [1.82, 2.24) is 5.32 Å². The number of hydrogen-bond donors (Lipinski definition) is 2. The van der Waals surface area contributed by atoms with Gasteiger partial charge in [0.1, 0.15) is 5.60 Å². The number of alkyl carbamates (subject to hydrolysis) is 1. The van der Waals surface area contributed by atoms with Crippen molar-refractivity contribution < 1.29 is 9.53 Å². The number of carbonyl (C=O) groups is 1. The molecule has 3 N–H and O–H groups in total. The molecule has 0 aromatic heterocycles. The average molecular weight is 274 g/mol. The van der Waals surface area contributed by atoms with E-state index in [1.165, 1.54) is 5.56 Å². The molecule has 4 nitrogen and oxygen atoms in total. The van der Waals surface area contributed by atoms with Gasteiger partial charge >= 0.3 is 6.09 Å². The summed E-state index contributed by atoms with van der Waals surface area (Å²) in [4.78, 5) is 11.4. The van der Waals surface area contributed by atoms with Crippen molar-refractivity contribution in [3.63, 3.8) is 0 Å². The molecule has 108 valence electrons. The van der Waals surface area contributed by atoms with Crippen molar-refractivity contribution >= 4 is 6.09 Å². The number of nitrogens with two attached hydrogens (primary N) is 1. The zero-order valence-electron chi connectivity index (χ0n) is 12.3. The zero-order chi connectivity index (χ0) is 15.0. The lowest BCUT2D eigenvalue weighted by Crippen LogP contribution is -2.32. The van der Waals surface area contributed by atoms with E-state index < -0.39 is 11.7 Å². The van der Waals surface area contributed by atoms with E-state index in [0.717, 1.165) is 12.0 Å². The highest BCUT2D eigenvalue weighted by atomic mass is 16.6. The molecule has 0 atom stereocenters. The molecule has 0 bridgehead atoms. The number of amides is 1. The Hall–Kier alpha value is -1.99. The van der Waals surface area contributed by atoms with Crippen LogP contribution in [-0.2, 0) is 11.2 Å². The maximum atomic E-state index is 11.4. The highest BCUT2D eigenvalue weighted by molar-refractivity contribution is 5.68. The first kappa shape index (κ1) is 16.1. The summed E-state index contributed by atoms with van der Waals surface area (Å²) in [6, 6.07) is 7.92. The Morgan fingerprint density at radius 3 is 2.50 bits per heavy atom. The first-order valence-electron chi connectivity index (χ1n) is 6.65. The van der Waals surface area contributed by atoms with Crippen LogP contribution in [-0.4, -0.2) is 24.8 Å². The quantitative estimate of drug-likeness (QED) is 0.829. The number of benzene rings is 1. The number of ether oxygens (including phenoxy) is 1. The average Bonchev–Trinajstić information content (AvgIpc) is 2.35. The molecule has 1 rings (SSSR count).